The Morgan fingerprint density at radius 1 is 1.27 bits per heavy atom. The third-order valence-corrected chi connectivity index (χ3v) is 6.57. The summed E-state index contributed by atoms with van der Waals surface area (Å²) in [5, 5.41) is 7.39. The SMILES string of the molecule is O=C(NCC(c1ccc(Cl)cc1)N1CCOCC1)C1CC12CCNCC2. The van der Waals surface area contributed by atoms with E-state index in [1.54, 1.807) is 0 Å². The van der Waals surface area contributed by atoms with Gasteiger partial charge in [-0.1, -0.05) is 23.7 Å². The van der Waals surface area contributed by atoms with Gasteiger partial charge >= 0.3 is 0 Å². The van der Waals surface area contributed by atoms with Gasteiger partial charge in [0.2, 0.25) is 5.91 Å². The second-order valence-corrected chi connectivity index (χ2v) is 8.27. The predicted molar refractivity (Wildman–Crippen MR) is 102 cm³/mol. The molecule has 26 heavy (non-hydrogen) atoms. The van der Waals surface area contributed by atoms with Crippen LogP contribution in [0.1, 0.15) is 30.9 Å². The van der Waals surface area contributed by atoms with E-state index in [0.29, 0.717) is 6.54 Å². The summed E-state index contributed by atoms with van der Waals surface area (Å²) in [6.45, 7) is 6.01. The molecule has 0 aromatic heterocycles. The van der Waals surface area contributed by atoms with Crippen LogP contribution in [0.3, 0.4) is 0 Å². The highest BCUT2D eigenvalue weighted by Gasteiger charge is 2.57. The Morgan fingerprint density at radius 3 is 2.65 bits per heavy atom. The topological polar surface area (TPSA) is 53.6 Å². The number of rotatable bonds is 5. The number of carbonyl (C=O) groups excluding carboxylic acids is 1. The van der Waals surface area contributed by atoms with Crippen molar-refractivity contribution in [1.29, 1.82) is 0 Å². The Hall–Kier alpha value is -1.14. The number of amides is 1. The fourth-order valence-corrected chi connectivity index (χ4v) is 4.67. The van der Waals surface area contributed by atoms with Gasteiger partial charge in [-0.15, -0.1) is 0 Å². The molecule has 1 aliphatic carbocycles. The number of nitrogens with one attached hydrogen (secondary N) is 2. The summed E-state index contributed by atoms with van der Waals surface area (Å²) < 4.78 is 5.50. The van der Waals surface area contributed by atoms with Gasteiger partial charge in [0.25, 0.3) is 0 Å². The second-order valence-electron chi connectivity index (χ2n) is 7.83. The van der Waals surface area contributed by atoms with Crippen molar-refractivity contribution in [3.05, 3.63) is 34.9 Å². The van der Waals surface area contributed by atoms with Crippen LogP contribution in [-0.4, -0.2) is 56.7 Å². The molecule has 142 valence electrons. The Balaban J connectivity index is 1.40. The van der Waals surface area contributed by atoms with Gasteiger partial charge < -0.3 is 15.4 Å². The summed E-state index contributed by atoms with van der Waals surface area (Å²) >= 11 is 6.05. The van der Waals surface area contributed by atoms with Gasteiger partial charge in [-0.3, -0.25) is 9.69 Å². The lowest BCUT2D eigenvalue weighted by Crippen LogP contribution is -2.44. The van der Waals surface area contributed by atoms with Crippen molar-refractivity contribution in [1.82, 2.24) is 15.5 Å². The minimum Gasteiger partial charge on any atom is -0.379 e. The molecule has 2 aliphatic heterocycles. The number of ether oxygens (including phenoxy) is 1. The Kier molecular flexibility index (Phi) is 5.50. The second kappa shape index (κ2) is 7.85. The predicted octanol–water partition coefficient (Wildman–Crippen LogP) is 2.22. The highest BCUT2D eigenvalue weighted by molar-refractivity contribution is 6.30. The van der Waals surface area contributed by atoms with Crippen molar-refractivity contribution in [2.45, 2.75) is 25.3 Å². The van der Waals surface area contributed by atoms with E-state index < -0.39 is 0 Å². The zero-order chi connectivity index (χ0) is 18.0. The van der Waals surface area contributed by atoms with Crippen LogP contribution in [0.15, 0.2) is 24.3 Å². The molecule has 1 spiro atoms. The molecule has 5 nitrogen and oxygen atoms in total. The summed E-state index contributed by atoms with van der Waals surface area (Å²) in [5.41, 5.74) is 1.48. The van der Waals surface area contributed by atoms with E-state index in [4.69, 9.17) is 16.3 Å². The molecule has 3 aliphatic rings. The Labute approximate surface area is 160 Å². The summed E-state index contributed by atoms with van der Waals surface area (Å²) in [5.74, 6) is 0.444. The van der Waals surface area contributed by atoms with E-state index in [1.807, 2.05) is 12.1 Å². The molecule has 1 aromatic carbocycles. The lowest BCUT2D eigenvalue weighted by atomic mass is 9.91. The van der Waals surface area contributed by atoms with Crippen molar-refractivity contribution in [3.63, 3.8) is 0 Å². The molecule has 2 unspecified atom stereocenters. The van der Waals surface area contributed by atoms with E-state index in [0.717, 1.165) is 63.7 Å². The maximum Gasteiger partial charge on any atom is 0.223 e. The minimum atomic E-state index is 0.169. The first kappa shape index (κ1) is 18.2. The Bertz CT molecular complexity index is 624. The van der Waals surface area contributed by atoms with Crippen molar-refractivity contribution >= 4 is 17.5 Å². The van der Waals surface area contributed by atoms with Gasteiger partial charge in [0, 0.05) is 30.6 Å². The molecule has 2 N–H and O–H groups in total. The molecule has 1 aromatic rings. The number of carbonyl (C=O) groups is 1. The quantitative estimate of drug-likeness (QED) is 0.826. The van der Waals surface area contributed by atoms with Gasteiger partial charge in [0.15, 0.2) is 0 Å². The maximum atomic E-state index is 12.8. The van der Waals surface area contributed by atoms with Gasteiger partial charge in [0.1, 0.15) is 0 Å². The fraction of sp³-hybridized carbons (Fsp3) is 0.650. The van der Waals surface area contributed by atoms with E-state index in [9.17, 15) is 4.79 Å². The van der Waals surface area contributed by atoms with Gasteiger partial charge in [-0.05, 0) is 55.5 Å². The van der Waals surface area contributed by atoms with Crippen LogP contribution in [-0.2, 0) is 9.53 Å². The maximum absolute atomic E-state index is 12.8. The first-order valence-corrected chi connectivity index (χ1v) is 10.1. The van der Waals surface area contributed by atoms with Crippen LogP contribution >= 0.6 is 11.6 Å². The number of hydrogen-bond acceptors (Lipinski definition) is 4. The normalized spacial score (nSPS) is 26.4. The molecule has 2 heterocycles. The van der Waals surface area contributed by atoms with Crippen LogP contribution in [0.2, 0.25) is 5.02 Å². The van der Waals surface area contributed by atoms with Crippen molar-refractivity contribution in [2.24, 2.45) is 11.3 Å². The Morgan fingerprint density at radius 2 is 1.96 bits per heavy atom. The molecule has 3 fully saturated rings. The van der Waals surface area contributed by atoms with E-state index >= 15 is 0 Å². The summed E-state index contributed by atoms with van der Waals surface area (Å²) in [6.07, 6.45) is 3.33. The third-order valence-electron chi connectivity index (χ3n) is 6.32. The fourth-order valence-electron chi connectivity index (χ4n) is 4.55. The van der Waals surface area contributed by atoms with E-state index in [2.05, 4.69) is 27.7 Å². The zero-order valence-corrected chi connectivity index (χ0v) is 15.9. The van der Waals surface area contributed by atoms with Crippen LogP contribution in [0, 0.1) is 11.3 Å². The zero-order valence-electron chi connectivity index (χ0n) is 15.2. The number of benzene rings is 1. The monoisotopic (exact) mass is 377 g/mol. The van der Waals surface area contributed by atoms with Crippen molar-refractivity contribution in [2.75, 3.05) is 45.9 Å². The summed E-state index contributed by atoms with van der Waals surface area (Å²) in [7, 11) is 0. The molecule has 4 rings (SSSR count). The highest BCUT2D eigenvalue weighted by Crippen LogP contribution is 2.58. The molecular formula is C20H28ClN3O2. The first-order valence-electron chi connectivity index (χ1n) is 9.74. The average molecular weight is 378 g/mol. The molecule has 1 saturated carbocycles. The van der Waals surface area contributed by atoms with Gasteiger partial charge in [-0.25, -0.2) is 0 Å². The smallest absolute Gasteiger partial charge is 0.223 e. The molecule has 6 heteroatoms. The average Bonchev–Trinajstić information content (AvgIpc) is 3.37. The van der Waals surface area contributed by atoms with Crippen LogP contribution in [0.5, 0.6) is 0 Å². The standard InChI is InChI=1S/C20H28ClN3O2/c21-16-3-1-15(2-4-16)18(24-9-11-26-12-10-24)14-23-19(25)17-13-20(17)5-7-22-8-6-20/h1-4,17-18,22H,5-14H2,(H,23,25). The first-order chi connectivity index (χ1) is 12.7. The number of piperidine rings is 1. The molecule has 1 amide bonds. The lowest BCUT2D eigenvalue weighted by Gasteiger charge is -2.35. The van der Waals surface area contributed by atoms with Gasteiger partial charge in [0.05, 0.1) is 19.3 Å². The lowest BCUT2D eigenvalue weighted by molar-refractivity contribution is -0.123. The largest absolute Gasteiger partial charge is 0.379 e. The van der Waals surface area contributed by atoms with Crippen LogP contribution < -0.4 is 10.6 Å². The molecule has 0 bridgehead atoms. The highest BCUT2D eigenvalue weighted by atomic mass is 35.5. The van der Waals surface area contributed by atoms with Gasteiger partial charge in [-0.2, -0.15) is 0 Å². The van der Waals surface area contributed by atoms with E-state index in [1.165, 1.54) is 5.56 Å². The molecular weight excluding hydrogens is 350 g/mol. The molecule has 2 saturated heterocycles. The van der Waals surface area contributed by atoms with Crippen molar-refractivity contribution < 1.29 is 9.53 Å². The van der Waals surface area contributed by atoms with Crippen LogP contribution in [0.4, 0.5) is 0 Å². The number of morpholine rings is 1. The number of halogens is 1. The minimum absolute atomic E-state index is 0.169. The van der Waals surface area contributed by atoms with Crippen molar-refractivity contribution in [3.8, 4) is 0 Å². The van der Waals surface area contributed by atoms with Crippen LogP contribution in [0.25, 0.3) is 0 Å². The third kappa shape index (κ3) is 3.91. The number of hydrogen-bond donors (Lipinski definition) is 2. The summed E-state index contributed by atoms with van der Waals surface area (Å²) in [4.78, 5) is 15.2. The molecule has 0 radical (unpaired) electrons. The van der Waals surface area contributed by atoms with E-state index in [-0.39, 0.29) is 23.3 Å². The summed E-state index contributed by atoms with van der Waals surface area (Å²) in [6, 6.07) is 8.16. The molecule has 2 atom stereocenters. The number of nitrogens with zero attached hydrogens (tertiary/aromatic N) is 1.